The molecule has 3 aromatic heterocycles. The lowest BCUT2D eigenvalue weighted by Crippen LogP contribution is -2.07. The highest BCUT2D eigenvalue weighted by atomic mass is 19.4. The number of rotatable bonds is 3. The molecule has 0 unspecified atom stereocenters. The molecule has 0 aliphatic carbocycles. The van der Waals surface area contributed by atoms with E-state index in [1.807, 2.05) is 12.1 Å². The van der Waals surface area contributed by atoms with Gasteiger partial charge in [-0.25, -0.2) is 9.50 Å². The van der Waals surface area contributed by atoms with Gasteiger partial charge in [-0.1, -0.05) is 0 Å². The summed E-state index contributed by atoms with van der Waals surface area (Å²) in [5.41, 5.74) is -0.147. The molecule has 104 valence electrons. The predicted molar refractivity (Wildman–Crippen MR) is 66.1 cm³/mol. The minimum atomic E-state index is -4.47. The van der Waals surface area contributed by atoms with E-state index in [1.54, 1.807) is 12.3 Å². The van der Waals surface area contributed by atoms with E-state index in [0.717, 1.165) is 16.4 Å². The molecular weight excluding hydrogens is 271 g/mol. The van der Waals surface area contributed by atoms with E-state index in [-0.39, 0.29) is 5.65 Å². The van der Waals surface area contributed by atoms with Gasteiger partial charge in [-0.2, -0.15) is 18.3 Å². The van der Waals surface area contributed by atoms with E-state index in [4.69, 9.17) is 0 Å². The molecule has 8 heteroatoms. The van der Waals surface area contributed by atoms with E-state index in [9.17, 15) is 13.2 Å². The number of aromatic nitrogens is 4. The fourth-order valence-corrected chi connectivity index (χ4v) is 1.83. The summed E-state index contributed by atoms with van der Waals surface area (Å²) in [7, 11) is 0. The van der Waals surface area contributed by atoms with Crippen molar-refractivity contribution in [1.29, 1.82) is 0 Å². The normalized spacial score (nSPS) is 11.9. The Morgan fingerprint density at radius 1 is 1.30 bits per heavy atom. The second-order valence-electron chi connectivity index (χ2n) is 4.19. The summed E-state index contributed by atoms with van der Waals surface area (Å²) in [5, 5.41) is 6.59. The predicted octanol–water partition coefficient (Wildman–Crippen LogP) is 2.69. The standard InChI is InChI=1S/C12H10F3N5/c13-12(14,15)9-7-18-20-5-3-10(19-11(9)20)17-6-8-2-1-4-16-8/h1-5,7,16H,6H2,(H,17,19). The van der Waals surface area contributed by atoms with Crippen LogP contribution in [0.1, 0.15) is 11.3 Å². The first kappa shape index (κ1) is 12.5. The lowest BCUT2D eigenvalue weighted by molar-refractivity contribution is -0.136. The van der Waals surface area contributed by atoms with Crippen molar-refractivity contribution in [1.82, 2.24) is 19.6 Å². The molecule has 0 saturated heterocycles. The molecule has 0 amide bonds. The third-order valence-electron chi connectivity index (χ3n) is 2.80. The largest absolute Gasteiger partial charge is 0.421 e. The minimum Gasteiger partial charge on any atom is -0.364 e. The van der Waals surface area contributed by atoms with Crippen molar-refractivity contribution in [2.45, 2.75) is 12.7 Å². The van der Waals surface area contributed by atoms with Crippen LogP contribution in [0.2, 0.25) is 0 Å². The number of hydrogen-bond acceptors (Lipinski definition) is 3. The first-order valence-corrected chi connectivity index (χ1v) is 5.82. The van der Waals surface area contributed by atoms with Gasteiger partial charge in [0.05, 0.1) is 12.7 Å². The van der Waals surface area contributed by atoms with Crippen LogP contribution in [0.25, 0.3) is 5.65 Å². The Bertz CT molecular complexity index is 714. The zero-order chi connectivity index (χ0) is 14.2. The maximum Gasteiger partial charge on any atom is 0.421 e. The molecule has 0 aliphatic rings. The second-order valence-corrected chi connectivity index (χ2v) is 4.19. The fourth-order valence-electron chi connectivity index (χ4n) is 1.83. The molecular formula is C12H10F3N5. The summed E-state index contributed by atoms with van der Waals surface area (Å²) in [6.45, 7) is 0.450. The van der Waals surface area contributed by atoms with Gasteiger partial charge in [0.25, 0.3) is 0 Å². The number of H-pyrrole nitrogens is 1. The number of halogens is 3. The first-order chi connectivity index (χ1) is 9.54. The van der Waals surface area contributed by atoms with Crippen LogP contribution in [0.5, 0.6) is 0 Å². The number of nitrogens with one attached hydrogen (secondary N) is 2. The minimum absolute atomic E-state index is 0.214. The first-order valence-electron chi connectivity index (χ1n) is 5.82. The molecule has 0 aliphatic heterocycles. The van der Waals surface area contributed by atoms with Crippen molar-refractivity contribution in [2.75, 3.05) is 5.32 Å². The Hall–Kier alpha value is -2.51. The molecule has 0 aromatic carbocycles. The topological polar surface area (TPSA) is 58.0 Å². The quantitative estimate of drug-likeness (QED) is 0.776. The van der Waals surface area contributed by atoms with Crippen LogP contribution in [0, 0.1) is 0 Å². The van der Waals surface area contributed by atoms with Crippen LogP contribution < -0.4 is 5.32 Å². The van der Waals surface area contributed by atoms with Gasteiger partial charge in [-0.05, 0) is 18.2 Å². The zero-order valence-electron chi connectivity index (χ0n) is 10.1. The molecule has 3 aromatic rings. The van der Waals surface area contributed by atoms with Crippen LogP contribution in [-0.4, -0.2) is 19.6 Å². The van der Waals surface area contributed by atoms with Crippen LogP contribution in [-0.2, 0) is 12.7 Å². The van der Waals surface area contributed by atoms with Gasteiger partial charge in [-0.15, -0.1) is 0 Å². The van der Waals surface area contributed by atoms with Crippen LogP contribution in [0.4, 0.5) is 19.0 Å². The molecule has 0 spiro atoms. The van der Waals surface area contributed by atoms with Crippen molar-refractivity contribution >= 4 is 11.5 Å². The van der Waals surface area contributed by atoms with Gasteiger partial charge in [0, 0.05) is 18.1 Å². The maximum atomic E-state index is 12.8. The number of nitrogens with zero attached hydrogens (tertiary/aromatic N) is 3. The van der Waals surface area contributed by atoms with Crippen LogP contribution in [0.3, 0.4) is 0 Å². The van der Waals surface area contributed by atoms with Gasteiger partial charge < -0.3 is 10.3 Å². The zero-order valence-corrected chi connectivity index (χ0v) is 10.1. The molecule has 0 saturated carbocycles. The third kappa shape index (κ3) is 2.31. The smallest absolute Gasteiger partial charge is 0.364 e. The van der Waals surface area contributed by atoms with Crippen molar-refractivity contribution < 1.29 is 13.2 Å². The summed E-state index contributed by atoms with van der Waals surface area (Å²) in [4.78, 5) is 6.94. The van der Waals surface area contributed by atoms with Crippen LogP contribution in [0.15, 0.2) is 36.8 Å². The van der Waals surface area contributed by atoms with Gasteiger partial charge >= 0.3 is 6.18 Å². The second kappa shape index (κ2) is 4.55. The molecule has 2 N–H and O–H groups in total. The Kier molecular flexibility index (Phi) is 2.85. The summed E-state index contributed by atoms with van der Waals surface area (Å²) in [6.07, 6.45) is -0.481. The molecule has 3 heterocycles. The van der Waals surface area contributed by atoms with Crippen molar-refractivity contribution in [3.05, 3.63) is 48.0 Å². The van der Waals surface area contributed by atoms with E-state index >= 15 is 0 Å². The van der Waals surface area contributed by atoms with Crippen molar-refractivity contribution in [2.24, 2.45) is 0 Å². The monoisotopic (exact) mass is 281 g/mol. The summed E-state index contributed by atoms with van der Waals surface area (Å²) in [6, 6.07) is 5.28. The Balaban J connectivity index is 1.89. The lowest BCUT2D eigenvalue weighted by Gasteiger charge is -2.06. The highest BCUT2D eigenvalue weighted by Gasteiger charge is 2.35. The number of alkyl halides is 3. The van der Waals surface area contributed by atoms with E-state index in [1.165, 1.54) is 6.20 Å². The van der Waals surface area contributed by atoms with E-state index in [0.29, 0.717) is 12.4 Å². The molecule has 3 rings (SSSR count). The average molecular weight is 281 g/mol. The van der Waals surface area contributed by atoms with Crippen molar-refractivity contribution in [3.63, 3.8) is 0 Å². The molecule has 20 heavy (non-hydrogen) atoms. The fraction of sp³-hybridized carbons (Fsp3) is 0.167. The number of anilines is 1. The van der Waals surface area contributed by atoms with Crippen molar-refractivity contribution in [3.8, 4) is 0 Å². The number of aromatic amines is 1. The average Bonchev–Trinajstić information content (AvgIpc) is 3.04. The lowest BCUT2D eigenvalue weighted by atomic mass is 10.3. The molecule has 5 nitrogen and oxygen atoms in total. The SMILES string of the molecule is FC(F)(F)c1cnn2ccc(NCc3ccc[nH]3)nc12. The van der Waals surface area contributed by atoms with Gasteiger partial charge in [0.1, 0.15) is 11.4 Å². The van der Waals surface area contributed by atoms with E-state index in [2.05, 4.69) is 20.4 Å². The Morgan fingerprint density at radius 2 is 2.15 bits per heavy atom. The van der Waals surface area contributed by atoms with Gasteiger partial charge in [-0.3, -0.25) is 0 Å². The highest BCUT2D eigenvalue weighted by molar-refractivity contribution is 5.52. The number of hydrogen-bond donors (Lipinski definition) is 2. The summed E-state index contributed by atoms with van der Waals surface area (Å²) >= 11 is 0. The summed E-state index contributed by atoms with van der Waals surface area (Å²) < 4.78 is 39.4. The molecule has 0 fully saturated rings. The number of fused-ring (bicyclic) bond motifs is 1. The molecule has 0 radical (unpaired) electrons. The molecule has 0 atom stereocenters. The highest BCUT2D eigenvalue weighted by Crippen LogP contribution is 2.31. The Morgan fingerprint density at radius 3 is 2.85 bits per heavy atom. The van der Waals surface area contributed by atoms with Crippen LogP contribution >= 0.6 is 0 Å². The van der Waals surface area contributed by atoms with E-state index < -0.39 is 11.7 Å². The molecule has 0 bridgehead atoms. The maximum absolute atomic E-state index is 12.8. The third-order valence-corrected chi connectivity index (χ3v) is 2.80. The van der Waals surface area contributed by atoms with Gasteiger partial charge in [0.2, 0.25) is 0 Å². The summed E-state index contributed by atoms with van der Waals surface area (Å²) in [5.74, 6) is 0.359. The Labute approximate surface area is 111 Å². The van der Waals surface area contributed by atoms with Gasteiger partial charge in [0.15, 0.2) is 5.65 Å².